The molecule has 3 heteroatoms. The Morgan fingerprint density at radius 3 is 2.62 bits per heavy atom. The summed E-state index contributed by atoms with van der Waals surface area (Å²) in [6.07, 6.45) is 5.92. The van der Waals surface area contributed by atoms with E-state index >= 15 is 0 Å². The minimum Gasteiger partial charge on any atom is -0.325 e. The number of hydrogen-bond donors (Lipinski definition) is 1. The van der Waals surface area contributed by atoms with Gasteiger partial charge >= 0.3 is 0 Å². The Morgan fingerprint density at radius 1 is 1.46 bits per heavy atom. The van der Waals surface area contributed by atoms with Crippen molar-refractivity contribution >= 4 is 17.4 Å². The Bertz CT molecular complexity index is 287. The second-order valence-electron chi connectivity index (χ2n) is 3.47. The van der Waals surface area contributed by atoms with Gasteiger partial charge in [0.15, 0.2) is 0 Å². The highest BCUT2D eigenvalue weighted by molar-refractivity contribution is 7.12. The first-order chi connectivity index (χ1) is 6.09. The van der Waals surface area contributed by atoms with Gasteiger partial charge in [-0.05, 0) is 13.0 Å². The second kappa shape index (κ2) is 4.53. The van der Waals surface area contributed by atoms with Gasteiger partial charge in [0, 0.05) is 23.0 Å². The smallest absolute Gasteiger partial charge is 0.0956 e. The van der Waals surface area contributed by atoms with E-state index in [1.165, 1.54) is 9.88 Å². The van der Waals surface area contributed by atoms with Crippen molar-refractivity contribution in [2.45, 2.75) is 32.7 Å². The lowest BCUT2D eigenvalue weighted by atomic mass is 10.2. The molecule has 13 heavy (non-hydrogen) atoms. The molecule has 0 saturated heterocycles. The Hall–Kier alpha value is -0.670. The third-order valence-corrected chi connectivity index (χ3v) is 2.86. The lowest BCUT2D eigenvalue weighted by molar-refractivity contribution is 0.852. The number of hydrogen-bond acceptors (Lipinski definition) is 3. The van der Waals surface area contributed by atoms with Crippen LogP contribution in [0.1, 0.15) is 36.6 Å². The molecule has 2 nitrogen and oxygen atoms in total. The minimum absolute atomic E-state index is 0.115. The first kappa shape index (κ1) is 10.4. The molecule has 0 spiro atoms. The summed E-state index contributed by atoms with van der Waals surface area (Å²) in [5, 5.41) is 1.18. The maximum Gasteiger partial charge on any atom is 0.0956 e. The normalized spacial score (nSPS) is 14.2. The lowest BCUT2D eigenvalue weighted by Gasteiger charge is -1.95. The number of nitrogens with zero attached hydrogens (tertiary/aromatic N) is 1. The molecule has 1 heterocycles. The summed E-state index contributed by atoms with van der Waals surface area (Å²) >= 11 is 1.73. The molecule has 2 N–H and O–H groups in total. The van der Waals surface area contributed by atoms with E-state index in [-0.39, 0.29) is 6.04 Å². The summed E-state index contributed by atoms with van der Waals surface area (Å²) in [5.74, 6) is 0.516. The van der Waals surface area contributed by atoms with Gasteiger partial charge in [-0.3, -0.25) is 0 Å². The summed E-state index contributed by atoms with van der Waals surface area (Å²) in [6, 6.07) is 0.115. The standard InChI is InChI=1S/C10H16N2S/c1-7(2)10-12-6-9(13-10)5-4-8(3)11/h4-8H,11H2,1-3H3/b5-4+. The van der Waals surface area contributed by atoms with Crippen LogP contribution in [0.4, 0.5) is 0 Å². The molecule has 0 bridgehead atoms. The van der Waals surface area contributed by atoms with Gasteiger partial charge in [0.1, 0.15) is 0 Å². The Labute approximate surface area is 83.5 Å². The number of thiazole rings is 1. The van der Waals surface area contributed by atoms with Crippen molar-refractivity contribution in [1.29, 1.82) is 0 Å². The van der Waals surface area contributed by atoms with Gasteiger partial charge in [0.2, 0.25) is 0 Å². The van der Waals surface area contributed by atoms with Crippen molar-refractivity contribution in [2.75, 3.05) is 0 Å². The molecule has 0 aliphatic carbocycles. The van der Waals surface area contributed by atoms with Gasteiger partial charge in [-0.25, -0.2) is 4.98 Å². The fraction of sp³-hybridized carbons (Fsp3) is 0.500. The molecule has 1 unspecified atom stereocenters. The van der Waals surface area contributed by atoms with Gasteiger partial charge in [-0.2, -0.15) is 0 Å². The van der Waals surface area contributed by atoms with Crippen LogP contribution in [0.2, 0.25) is 0 Å². The highest BCUT2D eigenvalue weighted by Crippen LogP contribution is 2.21. The van der Waals surface area contributed by atoms with Crippen LogP contribution in [0.25, 0.3) is 6.08 Å². The second-order valence-corrected chi connectivity index (χ2v) is 4.57. The molecule has 0 amide bonds. The molecule has 0 saturated carbocycles. The first-order valence-corrected chi connectivity index (χ1v) is 5.30. The van der Waals surface area contributed by atoms with Crippen LogP contribution < -0.4 is 5.73 Å². The van der Waals surface area contributed by atoms with Crippen molar-refractivity contribution in [3.63, 3.8) is 0 Å². The van der Waals surface area contributed by atoms with Crippen LogP contribution >= 0.6 is 11.3 Å². The van der Waals surface area contributed by atoms with Crippen LogP contribution in [0.15, 0.2) is 12.3 Å². The van der Waals surface area contributed by atoms with E-state index in [2.05, 4.69) is 18.8 Å². The van der Waals surface area contributed by atoms with Crippen molar-refractivity contribution in [3.05, 3.63) is 22.2 Å². The van der Waals surface area contributed by atoms with Crippen LogP contribution in [0, 0.1) is 0 Å². The maximum absolute atomic E-state index is 5.60. The average molecular weight is 196 g/mol. The number of aromatic nitrogens is 1. The molecule has 72 valence electrons. The predicted octanol–water partition coefficient (Wildman–Crippen LogP) is 2.63. The lowest BCUT2D eigenvalue weighted by Crippen LogP contribution is -2.09. The number of rotatable bonds is 3. The van der Waals surface area contributed by atoms with Gasteiger partial charge < -0.3 is 5.73 Å². The Morgan fingerprint density at radius 2 is 2.15 bits per heavy atom. The molecule has 0 radical (unpaired) electrons. The monoisotopic (exact) mass is 196 g/mol. The SMILES string of the molecule is CC(N)/C=C/c1cnc(C(C)C)s1. The molecule has 1 rings (SSSR count). The third kappa shape index (κ3) is 3.28. The van der Waals surface area contributed by atoms with E-state index in [1.807, 2.05) is 25.3 Å². The topological polar surface area (TPSA) is 38.9 Å². The Balaban J connectivity index is 2.69. The molecular formula is C10H16N2S. The van der Waals surface area contributed by atoms with Crippen LogP contribution in [0.5, 0.6) is 0 Å². The van der Waals surface area contributed by atoms with Crippen LogP contribution in [-0.2, 0) is 0 Å². The summed E-state index contributed by atoms with van der Waals surface area (Å²) < 4.78 is 0. The molecule has 0 aromatic carbocycles. The van der Waals surface area contributed by atoms with E-state index in [4.69, 9.17) is 5.73 Å². The van der Waals surface area contributed by atoms with Gasteiger partial charge in [-0.15, -0.1) is 11.3 Å². The molecule has 0 aliphatic heterocycles. The maximum atomic E-state index is 5.60. The zero-order chi connectivity index (χ0) is 9.84. The minimum atomic E-state index is 0.115. The molecule has 0 aliphatic rings. The van der Waals surface area contributed by atoms with E-state index in [0.29, 0.717) is 5.92 Å². The van der Waals surface area contributed by atoms with Crippen LogP contribution in [0.3, 0.4) is 0 Å². The van der Waals surface area contributed by atoms with E-state index < -0.39 is 0 Å². The zero-order valence-corrected chi connectivity index (χ0v) is 9.14. The summed E-state index contributed by atoms with van der Waals surface area (Å²) in [7, 11) is 0. The van der Waals surface area contributed by atoms with E-state index in [9.17, 15) is 0 Å². The third-order valence-electron chi connectivity index (χ3n) is 1.60. The first-order valence-electron chi connectivity index (χ1n) is 4.49. The summed E-state index contributed by atoms with van der Waals surface area (Å²) in [6.45, 7) is 6.26. The van der Waals surface area contributed by atoms with Crippen molar-refractivity contribution in [3.8, 4) is 0 Å². The summed E-state index contributed by atoms with van der Waals surface area (Å²) in [4.78, 5) is 5.50. The predicted molar refractivity (Wildman–Crippen MR) is 58.9 cm³/mol. The summed E-state index contributed by atoms with van der Waals surface area (Å²) in [5.41, 5.74) is 5.60. The van der Waals surface area contributed by atoms with Crippen molar-refractivity contribution in [1.82, 2.24) is 4.98 Å². The van der Waals surface area contributed by atoms with Gasteiger partial charge in [0.05, 0.1) is 5.01 Å². The fourth-order valence-corrected chi connectivity index (χ4v) is 1.73. The van der Waals surface area contributed by atoms with Crippen molar-refractivity contribution in [2.24, 2.45) is 5.73 Å². The zero-order valence-electron chi connectivity index (χ0n) is 8.32. The number of nitrogens with two attached hydrogens (primary N) is 1. The van der Waals surface area contributed by atoms with Gasteiger partial charge in [0.25, 0.3) is 0 Å². The quantitative estimate of drug-likeness (QED) is 0.807. The Kier molecular flexibility index (Phi) is 3.63. The van der Waals surface area contributed by atoms with Crippen LogP contribution in [-0.4, -0.2) is 11.0 Å². The average Bonchev–Trinajstić information content (AvgIpc) is 2.48. The highest BCUT2D eigenvalue weighted by Gasteiger charge is 2.03. The fourth-order valence-electron chi connectivity index (χ4n) is 0.891. The van der Waals surface area contributed by atoms with Gasteiger partial charge in [-0.1, -0.05) is 19.9 Å². The van der Waals surface area contributed by atoms with E-state index in [1.54, 1.807) is 11.3 Å². The largest absolute Gasteiger partial charge is 0.325 e. The molecule has 0 fully saturated rings. The highest BCUT2D eigenvalue weighted by atomic mass is 32.1. The molecule has 1 atom stereocenters. The molecule has 1 aromatic rings. The van der Waals surface area contributed by atoms with E-state index in [0.717, 1.165) is 0 Å². The molecular weight excluding hydrogens is 180 g/mol. The van der Waals surface area contributed by atoms with Crippen molar-refractivity contribution < 1.29 is 0 Å². The molecule has 1 aromatic heterocycles.